The number of hydrogen-bond acceptors (Lipinski definition) is 5. The first-order chi connectivity index (χ1) is 13.5. The van der Waals surface area contributed by atoms with Gasteiger partial charge in [0.15, 0.2) is 0 Å². The van der Waals surface area contributed by atoms with Crippen LogP contribution in [-0.2, 0) is 4.79 Å². The fraction of sp³-hybridized carbons (Fsp3) is 0.636. The zero-order valence-electron chi connectivity index (χ0n) is 17.5. The number of amides is 1. The van der Waals surface area contributed by atoms with Crippen LogP contribution in [0.1, 0.15) is 71.3 Å². The summed E-state index contributed by atoms with van der Waals surface area (Å²) >= 11 is 0. The molecule has 0 saturated heterocycles. The highest BCUT2D eigenvalue weighted by atomic mass is 16.5. The molecule has 0 aliphatic heterocycles. The molecule has 6 nitrogen and oxygen atoms in total. The highest BCUT2D eigenvalue weighted by molar-refractivity contribution is 5.91. The summed E-state index contributed by atoms with van der Waals surface area (Å²) in [4.78, 5) is 12.0. The second-order valence-electron chi connectivity index (χ2n) is 7.22. The van der Waals surface area contributed by atoms with Gasteiger partial charge in [-0.15, -0.1) is 0 Å². The Labute approximate surface area is 169 Å². The molecular formula is C22H35N3O3. The molecule has 0 fully saturated rings. The van der Waals surface area contributed by atoms with Crippen LogP contribution in [0.3, 0.4) is 0 Å². The second-order valence-corrected chi connectivity index (χ2v) is 7.22. The molecule has 0 aliphatic carbocycles. The average Bonchev–Trinajstić information content (AvgIpc) is 2.70. The number of aliphatic hydroxyl groups is 1. The largest absolute Gasteiger partial charge is 0.489 e. The molecule has 156 valence electrons. The van der Waals surface area contributed by atoms with Crippen LogP contribution in [0.15, 0.2) is 18.2 Å². The molecule has 1 amide bonds. The van der Waals surface area contributed by atoms with E-state index in [1.54, 1.807) is 18.2 Å². The Morgan fingerprint density at radius 1 is 1.25 bits per heavy atom. The second kappa shape index (κ2) is 14.0. The molecule has 2 unspecified atom stereocenters. The van der Waals surface area contributed by atoms with E-state index in [4.69, 9.17) is 4.74 Å². The van der Waals surface area contributed by atoms with Crippen LogP contribution in [0.4, 0.5) is 5.69 Å². The predicted molar refractivity (Wildman–Crippen MR) is 112 cm³/mol. The van der Waals surface area contributed by atoms with Gasteiger partial charge in [-0.05, 0) is 38.0 Å². The van der Waals surface area contributed by atoms with E-state index in [0.29, 0.717) is 36.0 Å². The van der Waals surface area contributed by atoms with Crippen molar-refractivity contribution in [1.29, 1.82) is 5.26 Å². The van der Waals surface area contributed by atoms with E-state index in [-0.39, 0.29) is 12.5 Å². The number of aliphatic hydroxyl groups excluding tert-OH is 1. The average molecular weight is 390 g/mol. The van der Waals surface area contributed by atoms with E-state index in [2.05, 4.69) is 37.5 Å². The highest BCUT2D eigenvalue weighted by Gasteiger charge is 2.11. The van der Waals surface area contributed by atoms with Crippen LogP contribution >= 0.6 is 0 Å². The summed E-state index contributed by atoms with van der Waals surface area (Å²) in [5.74, 6) is 0.364. The summed E-state index contributed by atoms with van der Waals surface area (Å²) in [6.45, 7) is 6.83. The minimum atomic E-state index is -0.660. The minimum Gasteiger partial charge on any atom is -0.489 e. The lowest BCUT2D eigenvalue weighted by atomic mass is 10.1. The molecule has 0 bridgehead atoms. The number of benzene rings is 1. The Balaban J connectivity index is 2.48. The van der Waals surface area contributed by atoms with Crippen LogP contribution in [0.2, 0.25) is 0 Å². The molecule has 0 spiro atoms. The fourth-order valence-corrected chi connectivity index (χ4v) is 2.66. The SMILES string of the molecule is CCCCCCCC(=O)Nc1ccc(OCC(O)CNC(C)CC)c(C#N)c1. The number of nitriles is 1. The Bertz CT molecular complexity index is 628. The third-order valence-electron chi connectivity index (χ3n) is 4.64. The van der Waals surface area contributed by atoms with Crippen molar-refractivity contribution in [1.82, 2.24) is 5.32 Å². The Morgan fingerprint density at radius 3 is 2.68 bits per heavy atom. The zero-order valence-corrected chi connectivity index (χ0v) is 17.5. The van der Waals surface area contributed by atoms with Crippen molar-refractivity contribution in [3.8, 4) is 11.8 Å². The van der Waals surface area contributed by atoms with Crippen molar-refractivity contribution in [2.24, 2.45) is 0 Å². The van der Waals surface area contributed by atoms with Gasteiger partial charge in [0, 0.05) is 24.7 Å². The predicted octanol–water partition coefficient (Wildman–Crippen LogP) is 3.99. The summed E-state index contributed by atoms with van der Waals surface area (Å²) in [6.07, 6.45) is 6.30. The summed E-state index contributed by atoms with van der Waals surface area (Å²) in [7, 11) is 0. The summed E-state index contributed by atoms with van der Waals surface area (Å²) < 4.78 is 5.59. The molecule has 0 radical (unpaired) electrons. The molecule has 2 atom stereocenters. The van der Waals surface area contributed by atoms with E-state index in [1.165, 1.54) is 12.8 Å². The van der Waals surface area contributed by atoms with E-state index >= 15 is 0 Å². The lowest BCUT2D eigenvalue weighted by molar-refractivity contribution is -0.116. The maximum absolute atomic E-state index is 12.0. The molecule has 1 aromatic rings. The molecule has 0 aromatic heterocycles. The van der Waals surface area contributed by atoms with Crippen LogP contribution in [0.5, 0.6) is 5.75 Å². The third kappa shape index (κ3) is 9.72. The number of hydrogen-bond donors (Lipinski definition) is 3. The standard InChI is InChI=1S/C22H35N3O3/c1-4-6-7-8-9-10-22(27)25-19-11-12-21(18(13-19)14-23)28-16-20(26)15-24-17(3)5-2/h11-13,17,20,24,26H,4-10,15-16H2,1-3H3,(H,25,27). The lowest BCUT2D eigenvalue weighted by Crippen LogP contribution is -2.36. The van der Waals surface area contributed by atoms with Crippen molar-refractivity contribution in [3.05, 3.63) is 23.8 Å². The fourth-order valence-electron chi connectivity index (χ4n) is 2.66. The normalized spacial score (nSPS) is 12.8. The lowest BCUT2D eigenvalue weighted by Gasteiger charge is -2.17. The van der Waals surface area contributed by atoms with Gasteiger partial charge in [-0.3, -0.25) is 4.79 Å². The number of anilines is 1. The van der Waals surface area contributed by atoms with Crippen LogP contribution in [-0.4, -0.2) is 36.3 Å². The Kier molecular flexibility index (Phi) is 11.9. The van der Waals surface area contributed by atoms with Gasteiger partial charge in [0.25, 0.3) is 0 Å². The van der Waals surface area contributed by atoms with E-state index < -0.39 is 6.10 Å². The monoisotopic (exact) mass is 389 g/mol. The molecule has 0 saturated carbocycles. The molecular weight excluding hydrogens is 354 g/mol. The van der Waals surface area contributed by atoms with Crippen molar-refractivity contribution in [3.63, 3.8) is 0 Å². The van der Waals surface area contributed by atoms with Gasteiger partial charge in [-0.25, -0.2) is 0 Å². The van der Waals surface area contributed by atoms with Crippen LogP contribution in [0.25, 0.3) is 0 Å². The van der Waals surface area contributed by atoms with Gasteiger partial charge in [-0.2, -0.15) is 5.26 Å². The van der Waals surface area contributed by atoms with Crippen molar-refractivity contribution < 1.29 is 14.6 Å². The van der Waals surface area contributed by atoms with Crippen molar-refractivity contribution >= 4 is 11.6 Å². The third-order valence-corrected chi connectivity index (χ3v) is 4.64. The maximum Gasteiger partial charge on any atom is 0.224 e. The van der Waals surface area contributed by atoms with Gasteiger partial charge >= 0.3 is 0 Å². The number of unbranched alkanes of at least 4 members (excludes halogenated alkanes) is 4. The molecule has 28 heavy (non-hydrogen) atoms. The molecule has 3 N–H and O–H groups in total. The van der Waals surface area contributed by atoms with Gasteiger partial charge in [0.05, 0.1) is 5.56 Å². The van der Waals surface area contributed by atoms with Crippen LogP contribution in [0, 0.1) is 11.3 Å². The number of carbonyl (C=O) groups is 1. The van der Waals surface area contributed by atoms with Crippen molar-refractivity contribution in [2.75, 3.05) is 18.5 Å². The number of ether oxygens (including phenoxy) is 1. The first kappa shape index (κ1) is 23.9. The molecule has 6 heteroatoms. The van der Waals surface area contributed by atoms with Gasteiger partial charge in [-0.1, -0.05) is 39.5 Å². The summed E-state index contributed by atoms with van der Waals surface area (Å²) in [5, 5.41) is 25.4. The number of nitrogens with one attached hydrogen (secondary N) is 2. The smallest absolute Gasteiger partial charge is 0.224 e. The number of carbonyl (C=O) groups excluding carboxylic acids is 1. The minimum absolute atomic E-state index is 0.0411. The zero-order chi connectivity index (χ0) is 20.8. The van der Waals surface area contributed by atoms with Crippen LogP contribution < -0.4 is 15.4 Å². The molecule has 1 rings (SSSR count). The van der Waals surface area contributed by atoms with Gasteiger partial charge < -0.3 is 20.5 Å². The van der Waals surface area contributed by atoms with E-state index in [0.717, 1.165) is 25.7 Å². The number of rotatable bonds is 14. The molecule has 1 aromatic carbocycles. The first-order valence-corrected chi connectivity index (χ1v) is 10.4. The van der Waals surface area contributed by atoms with E-state index in [1.807, 2.05) is 0 Å². The Hall–Kier alpha value is -2.10. The number of nitrogens with zero attached hydrogens (tertiary/aromatic N) is 1. The molecule has 0 heterocycles. The van der Waals surface area contributed by atoms with E-state index in [9.17, 15) is 15.2 Å². The summed E-state index contributed by atoms with van der Waals surface area (Å²) in [5.41, 5.74) is 0.921. The topological polar surface area (TPSA) is 94.4 Å². The van der Waals surface area contributed by atoms with Gasteiger partial charge in [0.1, 0.15) is 24.5 Å². The first-order valence-electron chi connectivity index (χ1n) is 10.4. The van der Waals surface area contributed by atoms with Crippen molar-refractivity contribution in [2.45, 2.75) is 77.9 Å². The maximum atomic E-state index is 12.0. The highest BCUT2D eigenvalue weighted by Crippen LogP contribution is 2.22. The Morgan fingerprint density at radius 2 is 2.00 bits per heavy atom. The quantitative estimate of drug-likeness (QED) is 0.418. The van der Waals surface area contributed by atoms with Gasteiger partial charge in [0.2, 0.25) is 5.91 Å². The molecule has 0 aliphatic rings. The summed E-state index contributed by atoms with van der Waals surface area (Å²) in [6, 6.07) is 7.40.